The second-order valence-electron chi connectivity index (χ2n) is 5.68. The van der Waals surface area contributed by atoms with Gasteiger partial charge < -0.3 is 10.4 Å². The molecule has 1 aliphatic rings. The first-order valence-corrected chi connectivity index (χ1v) is 6.83. The molecule has 2 atom stereocenters. The lowest BCUT2D eigenvalue weighted by molar-refractivity contribution is -0.0510. The maximum absolute atomic E-state index is 9.76. The van der Waals surface area contributed by atoms with Gasteiger partial charge in [0.15, 0.2) is 0 Å². The van der Waals surface area contributed by atoms with Crippen LogP contribution in [0, 0.1) is 19.3 Å². The molecule has 0 aliphatic heterocycles. The van der Waals surface area contributed by atoms with Crippen LogP contribution in [0.25, 0.3) is 0 Å². The summed E-state index contributed by atoms with van der Waals surface area (Å²) in [5.74, 6) is 0. The highest BCUT2D eigenvalue weighted by atomic mass is 79.9. The van der Waals surface area contributed by atoms with Crippen molar-refractivity contribution in [3.8, 4) is 0 Å². The van der Waals surface area contributed by atoms with Crippen LogP contribution in [0.4, 0.5) is 5.69 Å². The molecule has 0 amide bonds. The summed E-state index contributed by atoms with van der Waals surface area (Å²) < 4.78 is 1.12. The molecule has 2 N–H and O–H groups in total. The fourth-order valence-corrected chi connectivity index (χ4v) is 3.15. The van der Waals surface area contributed by atoms with Gasteiger partial charge in [0.05, 0.1) is 6.10 Å². The Morgan fingerprint density at radius 1 is 1.29 bits per heavy atom. The molecule has 2 unspecified atom stereocenters. The number of benzene rings is 1. The van der Waals surface area contributed by atoms with E-state index in [1.807, 2.05) is 0 Å². The van der Waals surface area contributed by atoms with E-state index in [0.717, 1.165) is 10.9 Å². The molecular weight excluding hydrogens is 278 g/mol. The number of hydrogen-bond acceptors (Lipinski definition) is 2. The Balaban J connectivity index is 2.21. The van der Waals surface area contributed by atoms with E-state index in [1.165, 1.54) is 16.8 Å². The normalized spacial score (nSPS) is 26.5. The average molecular weight is 298 g/mol. The molecule has 2 rings (SSSR count). The molecule has 1 aromatic rings. The predicted octanol–water partition coefficient (Wildman–Crippen LogP) is 3.64. The largest absolute Gasteiger partial charge is 0.392 e. The third-order valence-electron chi connectivity index (χ3n) is 4.03. The lowest BCUT2D eigenvalue weighted by Crippen LogP contribution is -2.57. The van der Waals surface area contributed by atoms with Crippen molar-refractivity contribution < 1.29 is 5.11 Å². The molecule has 3 heteroatoms. The Morgan fingerprint density at radius 2 is 1.82 bits per heavy atom. The topological polar surface area (TPSA) is 32.3 Å². The van der Waals surface area contributed by atoms with Crippen LogP contribution in [-0.2, 0) is 0 Å². The van der Waals surface area contributed by atoms with E-state index in [1.54, 1.807) is 0 Å². The van der Waals surface area contributed by atoms with Crippen molar-refractivity contribution >= 4 is 21.6 Å². The van der Waals surface area contributed by atoms with E-state index in [2.05, 4.69) is 61.1 Å². The number of anilines is 1. The van der Waals surface area contributed by atoms with Gasteiger partial charge in [0.1, 0.15) is 0 Å². The molecule has 1 aromatic carbocycles. The van der Waals surface area contributed by atoms with Crippen LogP contribution in [0.1, 0.15) is 31.4 Å². The van der Waals surface area contributed by atoms with E-state index < -0.39 is 0 Å². The zero-order valence-corrected chi connectivity index (χ0v) is 12.4. The van der Waals surface area contributed by atoms with Crippen molar-refractivity contribution in [3.05, 3.63) is 27.7 Å². The molecule has 2 nitrogen and oxygen atoms in total. The zero-order chi connectivity index (χ0) is 12.8. The Labute approximate surface area is 112 Å². The summed E-state index contributed by atoms with van der Waals surface area (Å²) in [6.07, 6.45) is 0.651. The Kier molecular flexibility index (Phi) is 3.25. The predicted molar refractivity (Wildman–Crippen MR) is 75.4 cm³/mol. The molecule has 94 valence electrons. The fraction of sp³-hybridized carbons (Fsp3) is 0.571. The maximum Gasteiger partial charge on any atom is 0.0630 e. The van der Waals surface area contributed by atoms with Crippen molar-refractivity contribution in [3.63, 3.8) is 0 Å². The van der Waals surface area contributed by atoms with E-state index in [-0.39, 0.29) is 11.5 Å². The number of aryl methyl sites for hydroxylation is 2. The minimum Gasteiger partial charge on any atom is -0.392 e. The molecule has 0 radical (unpaired) electrons. The fourth-order valence-electron chi connectivity index (χ4n) is 2.46. The molecule has 1 fully saturated rings. The molecule has 0 saturated heterocycles. The first-order chi connectivity index (χ1) is 7.82. The molecule has 0 heterocycles. The van der Waals surface area contributed by atoms with Crippen LogP contribution in [0.15, 0.2) is 16.6 Å². The van der Waals surface area contributed by atoms with Gasteiger partial charge in [0, 0.05) is 21.6 Å². The van der Waals surface area contributed by atoms with Gasteiger partial charge in [-0.1, -0.05) is 29.8 Å². The minimum absolute atomic E-state index is 0.0358. The van der Waals surface area contributed by atoms with Crippen LogP contribution in [-0.4, -0.2) is 17.3 Å². The maximum atomic E-state index is 9.76. The second-order valence-corrected chi connectivity index (χ2v) is 6.60. The SMILES string of the molecule is Cc1cc(Br)cc(C)c1NC1CC(O)C1(C)C. The standard InChI is InChI=1S/C14H20BrNO/c1-8-5-10(15)6-9(2)13(8)16-11-7-12(17)14(11,3)4/h5-6,11-12,16-17H,7H2,1-4H3. The van der Waals surface area contributed by atoms with E-state index in [0.29, 0.717) is 6.04 Å². The van der Waals surface area contributed by atoms with Crippen molar-refractivity contribution in [2.24, 2.45) is 5.41 Å². The third-order valence-corrected chi connectivity index (χ3v) is 4.49. The summed E-state index contributed by atoms with van der Waals surface area (Å²) in [7, 11) is 0. The molecule has 17 heavy (non-hydrogen) atoms. The van der Waals surface area contributed by atoms with Crippen molar-refractivity contribution in [2.75, 3.05) is 5.32 Å². The van der Waals surface area contributed by atoms with Crippen molar-refractivity contribution in [1.29, 1.82) is 0 Å². The molecule has 0 aromatic heterocycles. The van der Waals surface area contributed by atoms with E-state index in [9.17, 15) is 5.11 Å². The van der Waals surface area contributed by atoms with Crippen molar-refractivity contribution in [1.82, 2.24) is 0 Å². The highest BCUT2D eigenvalue weighted by molar-refractivity contribution is 9.10. The summed E-state index contributed by atoms with van der Waals surface area (Å²) >= 11 is 3.51. The van der Waals surface area contributed by atoms with Crippen LogP contribution < -0.4 is 5.32 Å². The quantitative estimate of drug-likeness (QED) is 0.873. The molecule has 1 saturated carbocycles. The highest BCUT2D eigenvalue weighted by Crippen LogP contribution is 2.43. The van der Waals surface area contributed by atoms with Crippen LogP contribution in [0.2, 0.25) is 0 Å². The van der Waals surface area contributed by atoms with Gasteiger partial charge in [-0.2, -0.15) is 0 Å². The molecule has 0 spiro atoms. The van der Waals surface area contributed by atoms with E-state index in [4.69, 9.17) is 0 Å². The van der Waals surface area contributed by atoms with Gasteiger partial charge in [0.2, 0.25) is 0 Å². The second kappa shape index (κ2) is 4.29. The third kappa shape index (κ3) is 2.23. The number of nitrogens with one attached hydrogen (secondary N) is 1. The first kappa shape index (κ1) is 12.9. The Morgan fingerprint density at radius 3 is 2.24 bits per heavy atom. The molecule has 1 aliphatic carbocycles. The summed E-state index contributed by atoms with van der Waals surface area (Å²) in [5, 5.41) is 13.3. The number of hydrogen-bond donors (Lipinski definition) is 2. The van der Waals surface area contributed by atoms with Gasteiger partial charge in [-0.15, -0.1) is 0 Å². The molecule has 0 bridgehead atoms. The van der Waals surface area contributed by atoms with Gasteiger partial charge in [-0.3, -0.25) is 0 Å². The molecular formula is C14H20BrNO. The van der Waals surface area contributed by atoms with Crippen LogP contribution in [0.3, 0.4) is 0 Å². The first-order valence-electron chi connectivity index (χ1n) is 6.03. The smallest absolute Gasteiger partial charge is 0.0630 e. The van der Waals surface area contributed by atoms with Gasteiger partial charge in [-0.25, -0.2) is 0 Å². The number of rotatable bonds is 2. The highest BCUT2D eigenvalue weighted by Gasteiger charge is 2.47. The lowest BCUT2D eigenvalue weighted by atomic mass is 9.64. The number of aliphatic hydroxyl groups excluding tert-OH is 1. The zero-order valence-electron chi connectivity index (χ0n) is 10.8. The summed E-state index contributed by atoms with van der Waals surface area (Å²) in [4.78, 5) is 0. The summed E-state index contributed by atoms with van der Waals surface area (Å²) in [5.41, 5.74) is 3.66. The van der Waals surface area contributed by atoms with Gasteiger partial charge in [0.25, 0.3) is 0 Å². The van der Waals surface area contributed by atoms with Crippen LogP contribution >= 0.6 is 15.9 Å². The number of aliphatic hydroxyl groups is 1. The minimum atomic E-state index is -0.184. The average Bonchev–Trinajstić information content (AvgIpc) is 2.21. The van der Waals surface area contributed by atoms with Crippen molar-refractivity contribution in [2.45, 2.75) is 46.3 Å². The monoisotopic (exact) mass is 297 g/mol. The Bertz CT molecular complexity index is 419. The summed E-state index contributed by atoms with van der Waals surface area (Å²) in [6, 6.07) is 4.60. The van der Waals surface area contributed by atoms with E-state index >= 15 is 0 Å². The lowest BCUT2D eigenvalue weighted by Gasteiger charge is -2.50. The number of halogens is 1. The van der Waals surface area contributed by atoms with Gasteiger partial charge in [-0.05, 0) is 43.5 Å². The van der Waals surface area contributed by atoms with Gasteiger partial charge >= 0.3 is 0 Å². The summed E-state index contributed by atoms with van der Waals surface area (Å²) in [6.45, 7) is 8.45. The van der Waals surface area contributed by atoms with Crippen LogP contribution in [0.5, 0.6) is 0 Å². The Hall–Kier alpha value is -0.540.